The summed E-state index contributed by atoms with van der Waals surface area (Å²) in [6.07, 6.45) is 1.65. The molecule has 1 aliphatic heterocycles. The zero-order chi connectivity index (χ0) is 13.4. The van der Waals surface area contributed by atoms with Crippen LogP contribution < -0.4 is 0 Å². The lowest BCUT2D eigenvalue weighted by molar-refractivity contribution is 0.0634. The summed E-state index contributed by atoms with van der Waals surface area (Å²) in [7, 11) is 1.91. The molecule has 0 atom stereocenters. The van der Waals surface area contributed by atoms with Crippen LogP contribution in [0.15, 0.2) is 22.8 Å². The van der Waals surface area contributed by atoms with Gasteiger partial charge < -0.3 is 18.8 Å². The smallest absolute Gasteiger partial charge is 0.270 e. The number of likely N-dealkylation sites (N-methyl/N-ethyl adjacent to an activating group) is 1. The number of fused-ring (bicyclic) bond motifs is 1. The van der Waals surface area contributed by atoms with E-state index in [4.69, 9.17) is 4.42 Å². The first kappa shape index (κ1) is 12.3. The van der Waals surface area contributed by atoms with Crippen LogP contribution in [0.4, 0.5) is 0 Å². The quantitative estimate of drug-likeness (QED) is 0.823. The van der Waals surface area contributed by atoms with Crippen molar-refractivity contribution in [3.8, 4) is 0 Å². The second-order valence-electron chi connectivity index (χ2n) is 4.99. The molecule has 0 bridgehead atoms. The van der Waals surface area contributed by atoms with E-state index in [0.29, 0.717) is 5.69 Å². The van der Waals surface area contributed by atoms with Gasteiger partial charge in [0.05, 0.1) is 11.8 Å². The number of hydrogen-bond acceptors (Lipinski definition) is 3. The first-order chi connectivity index (χ1) is 9.20. The molecular formula is C14H19N3O2. The van der Waals surface area contributed by atoms with E-state index in [0.717, 1.165) is 43.8 Å². The van der Waals surface area contributed by atoms with Gasteiger partial charge in [-0.2, -0.15) is 0 Å². The molecule has 1 aliphatic rings. The highest BCUT2D eigenvalue weighted by molar-refractivity contribution is 5.97. The maximum atomic E-state index is 12.5. The molecule has 1 amide bonds. The SMILES string of the molecule is CCN1CCN(C(=O)c2cc3occc3n2C)CC1. The van der Waals surface area contributed by atoms with Crippen LogP contribution in [0.1, 0.15) is 17.4 Å². The Labute approximate surface area is 112 Å². The van der Waals surface area contributed by atoms with Gasteiger partial charge in [-0.25, -0.2) is 0 Å². The fraction of sp³-hybridized carbons (Fsp3) is 0.500. The van der Waals surface area contributed by atoms with Crippen molar-refractivity contribution in [1.82, 2.24) is 14.4 Å². The zero-order valence-corrected chi connectivity index (χ0v) is 11.4. The predicted molar refractivity (Wildman–Crippen MR) is 73.2 cm³/mol. The van der Waals surface area contributed by atoms with Gasteiger partial charge in [0.1, 0.15) is 5.69 Å². The molecule has 0 saturated carbocycles. The van der Waals surface area contributed by atoms with E-state index < -0.39 is 0 Å². The largest absolute Gasteiger partial charge is 0.463 e. The third-order valence-electron chi connectivity index (χ3n) is 3.99. The van der Waals surface area contributed by atoms with E-state index in [9.17, 15) is 4.79 Å². The second-order valence-corrected chi connectivity index (χ2v) is 4.99. The lowest BCUT2D eigenvalue weighted by atomic mass is 10.2. The van der Waals surface area contributed by atoms with Crippen molar-refractivity contribution in [3.05, 3.63) is 24.1 Å². The van der Waals surface area contributed by atoms with Crippen LogP contribution in [0.2, 0.25) is 0 Å². The molecule has 0 radical (unpaired) electrons. The molecular weight excluding hydrogens is 242 g/mol. The highest BCUT2D eigenvalue weighted by Gasteiger charge is 2.24. The van der Waals surface area contributed by atoms with Crippen molar-refractivity contribution in [1.29, 1.82) is 0 Å². The number of furan rings is 1. The number of hydrogen-bond donors (Lipinski definition) is 0. The Morgan fingerprint density at radius 2 is 2.05 bits per heavy atom. The first-order valence-electron chi connectivity index (χ1n) is 6.75. The fourth-order valence-corrected chi connectivity index (χ4v) is 2.68. The molecule has 5 nitrogen and oxygen atoms in total. The lowest BCUT2D eigenvalue weighted by Gasteiger charge is -2.34. The van der Waals surface area contributed by atoms with Gasteiger partial charge in [0, 0.05) is 45.4 Å². The molecule has 19 heavy (non-hydrogen) atoms. The Morgan fingerprint density at radius 3 is 2.68 bits per heavy atom. The molecule has 0 spiro atoms. The summed E-state index contributed by atoms with van der Waals surface area (Å²) in [4.78, 5) is 16.8. The normalized spacial score (nSPS) is 17.3. The summed E-state index contributed by atoms with van der Waals surface area (Å²) >= 11 is 0. The van der Waals surface area contributed by atoms with Crippen LogP contribution in [-0.4, -0.2) is 53.0 Å². The number of rotatable bonds is 2. The average molecular weight is 261 g/mol. The van der Waals surface area contributed by atoms with Crippen LogP contribution >= 0.6 is 0 Å². The third-order valence-corrected chi connectivity index (χ3v) is 3.99. The van der Waals surface area contributed by atoms with Crippen molar-refractivity contribution < 1.29 is 9.21 Å². The third kappa shape index (κ3) is 2.04. The minimum atomic E-state index is 0.102. The average Bonchev–Trinajstić information content (AvgIpc) is 3.02. The van der Waals surface area contributed by atoms with Gasteiger partial charge in [-0.3, -0.25) is 4.79 Å². The molecule has 0 aromatic carbocycles. The van der Waals surface area contributed by atoms with Gasteiger partial charge in [0.25, 0.3) is 5.91 Å². The Hall–Kier alpha value is -1.75. The van der Waals surface area contributed by atoms with E-state index in [2.05, 4.69) is 11.8 Å². The van der Waals surface area contributed by atoms with Crippen LogP contribution in [0.25, 0.3) is 11.1 Å². The van der Waals surface area contributed by atoms with Crippen molar-refractivity contribution >= 4 is 17.0 Å². The predicted octanol–water partition coefficient (Wildman–Crippen LogP) is 1.55. The molecule has 2 aromatic heterocycles. The molecule has 1 fully saturated rings. The summed E-state index contributed by atoms with van der Waals surface area (Å²) in [6.45, 7) is 6.74. The van der Waals surface area contributed by atoms with E-state index in [1.54, 1.807) is 6.26 Å². The van der Waals surface area contributed by atoms with Gasteiger partial charge in [-0.05, 0) is 6.54 Å². The molecule has 0 aliphatic carbocycles. The number of carbonyl (C=O) groups is 1. The van der Waals surface area contributed by atoms with Crippen molar-refractivity contribution in [2.75, 3.05) is 32.7 Å². The molecule has 0 N–H and O–H groups in total. The van der Waals surface area contributed by atoms with Gasteiger partial charge in [-0.15, -0.1) is 0 Å². The highest BCUT2D eigenvalue weighted by atomic mass is 16.3. The topological polar surface area (TPSA) is 41.6 Å². The van der Waals surface area contributed by atoms with Gasteiger partial charge in [0.2, 0.25) is 0 Å². The second kappa shape index (κ2) is 4.74. The Morgan fingerprint density at radius 1 is 1.32 bits per heavy atom. The summed E-state index contributed by atoms with van der Waals surface area (Å²) in [5.74, 6) is 0.102. The number of aryl methyl sites for hydroxylation is 1. The summed E-state index contributed by atoms with van der Waals surface area (Å²) in [6, 6.07) is 3.73. The zero-order valence-electron chi connectivity index (χ0n) is 11.4. The van der Waals surface area contributed by atoms with E-state index in [1.165, 1.54) is 0 Å². The minimum Gasteiger partial charge on any atom is -0.463 e. The van der Waals surface area contributed by atoms with Crippen LogP contribution in [0.5, 0.6) is 0 Å². The Kier molecular flexibility index (Phi) is 3.06. The summed E-state index contributed by atoms with van der Waals surface area (Å²) < 4.78 is 7.26. The van der Waals surface area contributed by atoms with Crippen LogP contribution in [-0.2, 0) is 7.05 Å². The van der Waals surface area contributed by atoms with E-state index >= 15 is 0 Å². The molecule has 102 valence electrons. The monoisotopic (exact) mass is 261 g/mol. The number of piperazine rings is 1. The maximum Gasteiger partial charge on any atom is 0.270 e. The Bertz CT molecular complexity index is 591. The van der Waals surface area contributed by atoms with Crippen molar-refractivity contribution in [3.63, 3.8) is 0 Å². The minimum absolute atomic E-state index is 0.102. The highest BCUT2D eigenvalue weighted by Crippen LogP contribution is 2.21. The van der Waals surface area contributed by atoms with E-state index in [1.807, 2.05) is 28.6 Å². The van der Waals surface area contributed by atoms with Crippen molar-refractivity contribution in [2.24, 2.45) is 7.05 Å². The molecule has 0 unspecified atom stereocenters. The standard InChI is InChI=1S/C14H19N3O2/c1-3-16-5-7-17(8-6-16)14(18)12-10-13-11(15(12)2)4-9-19-13/h4,9-10H,3,5-8H2,1-2H3. The molecule has 5 heteroatoms. The molecule has 2 aromatic rings. The maximum absolute atomic E-state index is 12.5. The molecule has 1 saturated heterocycles. The van der Waals surface area contributed by atoms with Crippen LogP contribution in [0, 0.1) is 0 Å². The van der Waals surface area contributed by atoms with Crippen LogP contribution in [0.3, 0.4) is 0 Å². The van der Waals surface area contributed by atoms with Gasteiger partial charge in [0.15, 0.2) is 5.58 Å². The summed E-state index contributed by atoms with van der Waals surface area (Å²) in [5.41, 5.74) is 2.45. The number of carbonyl (C=O) groups excluding carboxylic acids is 1. The summed E-state index contributed by atoms with van der Waals surface area (Å²) in [5, 5.41) is 0. The molecule has 3 rings (SSSR count). The first-order valence-corrected chi connectivity index (χ1v) is 6.75. The van der Waals surface area contributed by atoms with Gasteiger partial charge in [-0.1, -0.05) is 6.92 Å². The number of aromatic nitrogens is 1. The van der Waals surface area contributed by atoms with Gasteiger partial charge >= 0.3 is 0 Å². The lowest BCUT2D eigenvalue weighted by Crippen LogP contribution is -2.48. The molecule has 3 heterocycles. The number of amides is 1. The van der Waals surface area contributed by atoms with E-state index in [-0.39, 0.29) is 5.91 Å². The number of nitrogens with zero attached hydrogens (tertiary/aromatic N) is 3. The fourth-order valence-electron chi connectivity index (χ4n) is 2.68. The Balaban J connectivity index is 1.80. The van der Waals surface area contributed by atoms with Crippen molar-refractivity contribution in [2.45, 2.75) is 6.92 Å².